The zero-order valence-electron chi connectivity index (χ0n) is 11.3. The molecule has 0 N–H and O–H groups in total. The Bertz CT molecular complexity index is 473. The Morgan fingerprint density at radius 3 is 3.00 bits per heavy atom. The maximum absolute atomic E-state index is 12.0. The maximum atomic E-state index is 12.0. The molecule has 2 fully saturated rings. The molecule has 1 aliphatic carbocycles. The minimum atomic E-state index is -0.148. The van der Waals surface area contributed by atoms with E-state index in [0.29, 0.717) is 30.2 Å². The molecule has 1 saturated heterocycles. The van der Waals surface area contributed by atoms with Crippen LogP contribution in [0.15, 0.2) is 4.42 Å². The molecule has 0 amide bonds. The van der Waals surface area contributed by atoms with Crippen LogP contribution in [0.5, 0.6) is 0 Å². The second-order valence-electron chi connectivity index (χ2n) is 5.47. The van der Waals surface area contributed by atoms with Crippen molar-refractivity contribution in [2.24, 2.45) is 11.8 Å². The van der Waals surface area contributed by atoms with Crippen LogP contribution in [0.4, 0.5) is 0 Å². The van der Waals surface area contributed by atoms with Gasteiger partial charge in [-0.2, -0.15) is 0 Å². The monoisotopic (exact) mass is 265 g/mol. The molecule has 2 heterocycles. The summed E-state index contributed by atoms with van der Waals surface area (Å²) < 4.78 is 10.4. The number of aryl methyl sites for hydroxylation is 1. The Hall–Kier alpha value is -1.43. The summed E-state index contributed by atoms with van der Waals surface area (Å²) in [6.07, 6.45) is 3.54. The van der Waals surface area contributed by atoms with Crippen LogP contribution >= 0.6 is 0 Å². The summed E-state index contributed by atoms with van der Waals surface area (Å²) in [5, 5.41) is 7.84. The lowest BCUT2D eigenvalue weighted by atomic mass is 9.94. The van der Waals surface area contributed by atoms with Crippen LogP contribution in [-0.4, -0.2) is 40.8 Å². The highest BCUT2D eigenvalue weighted by atomic mass is 16.5. The van der Waals surface area contributed by atoms with Gasteiger partial charge in [-0.3, -0.25) is 9.69 Å². The molecule has 3 rings (SSSR count). The molecular formula is C13H19N3O3. The number of hydrogen-bond donors (Lipinski definition) is 0. The van der Waals surface area contributed by atoms with Crippen LogP contribution in [0.1, 0.15) is 31.0 Å². The van der Waals surface area contributed by atoms with Crippen molar-refractivity contribution in [1.82, 2.24) is 15.1 Å². The van der Waals surface area contributed by atoms with E-state index in [1.807, 2.05) is 0 Å². The molecule has 19 heavy (non-hydrogen) atoms. The summed E-state index contributed by atoms with van der Waals surface area (Å²) in [6, 6.07) is -0.148. The Balaban J connectivity index is 1.77. The van der Waals surface area contributed by atoms with Crippen LogP contribution < -0.4 is 0 Å². The number of rotatable bonds is 3. The number of fused-ring (bicyclic) bond motifs is 1. The minimum Gasteiger partial charge on any atom is -0.468 e. The molecular weight excluding hydrogens is 246 g/mol. The van der Waals surface area contributed by atoms with Gasteiger partial charge in [0.2, 0.25) is 11.8 Å². The highest BCUT2D eigenvalue weighted by Crippen LogP contribution is 2.42. The van der Waals surface area contributed by atoms with Gasteiger partial charge in [-0.25, -0.2) is 0 Å². The van der Waals surface area contributed by atoms with Crippen molar-refractivity contribution in [2.75, 3.05) is 13.7 Å². The zero-order chi connectivity index (χ0) is 13.4. The van der Waals surface area contributed by atoms with Gasteiger partial charge in [0.15, 0.2) is 0 Å². The van der Waals surface area contributed by atoms with Crippen molar-refractivity contribution in [3.8, 4) is 0 Å². The first-order valence-corrected chi connectivity index (χ1v) is 6.80. The van der Waals surface area contributed by atoms with Gasteiger partial charge in [-0.05, 0) is 24.7 Å². The van der Waals surface area contributed by atoms with Gasteiger partial charge in [-0.1, -0.05) is 6.42 Å². The molecule has 2 aliphatic rings. The molecule has 0 radical (unpaired) electrons. The Morgan fingerprint density at radius 2 is 2.32 bits per heavy atom. The number of esters is 1. The zero-order valence-corrected chi connectivity index (χ0v) is 11.3. The van der Waals surface area contributed by atoms with Crippen molar-refractivity contribution in [2.45, 2.75) is 38.8 Å². The van der Waals surface area contributed by atoms with Crippen molar-refractivity contribution in [3.63, 3.8) is 0 Å². The van der Waals surface area contributed by atoms with Crippen LogP contribution in [0.25, 0.3) is 0 Å². The molecule has 0 spiro atoms. The van der Waals surface area contributed by atoms with Crippen molar-refractivity contribution in [1.29, 1.82) is 0 Å². The predicted octanol–water partition coefficient (Wildman–Crippen LogP) is 1.15. The second kappa shape index (κ2) is 4.92. The van der Waals surface area contributed by atoms with E-state index in [4.69, 9.17) is 9.15 Å². The summed E-state index contributed by atoms with van der Waals surface area (Å²) >= 11 is 0. The van der Waals surface area contributed by atoms with Gasteiger partial charge in [0.1, 0.15) is 6.04 Å². The van der Waals surface area contributed by atoms with Gasteiger partial charge in [0.25, 0.3) is 0 Å². The Morgan fingerprint density at radius 1 is 1.47 bits per heavy atom. The Labute approximate surface area is 112 Å². The number of aromatic nitrogens is 2. The number of methoxy groups -OCH3 is 1. The van der Waals surface area contributed by atoms with Gasteiger partial charge >= 0.3 is 5.97 Å². The minimum absolute atomic E-state index is 0.134. The molecule has 0 bridgehead atoms. The number of likely N-dealkylation sites (tertiary alicyclic amines) is 1. The fourth-order valence-corrected chi connectivity index (χ4v) is 3.58. The summed E-state index contributed by atoms with van der Waals surface area (Å²) in [6.45, 7) is 3.23. The first kappa shape index (κ1) is 12.6. The summed E-state index contributed by atoms with van der Waals surface area (Å²) in [4.78, 5) is 14.2. The molecule has 1 aromatic rings. The first-order valence-electron chi connectivity index (χ1n) is 6.80. The van der Waals surface area contributed by atoms with Crippen LogP contribution in [0, 0.1) is 18.8 Å². The van der Waals surface area contributed by atoms with E-state index in [-0.39, 0.29) is 12.0 Å². The number of ether oxygens (including phenoxy) is 1. The van der Waals surface area contributed by atoms with E-state index >= 15 is 0 Å². The lowest BCUT2D eigenvalue weighted by molar-refractivity contribution is -0.147. The fourth-order valence-electron chi connectivity index (χ4n) is 3.58. The largest absolute Gasteiger partial charge is 0.468 e. The van der Waals surface area contributed by atoms with E-state index in [0.717, 1.165) is 13.0 Å². The molecule has 6 nitrogen and oxygen atoms in total. The van der Waals surface area contributed by atoms with Gasteiger partial charge < -0.3 is 9.15 Å². The van der Waals surface area contributed by atoms with Gasteiger partial charge in [-0.15, -0.1) is 10.2 Å². The molecule has 1 aliphatic heterocycles. The van der Waals surface area contributed by atoms with Gasteiger partial charge in [0, 0.05) is 13.5 Å². The van der Waals surface area contributed by atoms with E-state index in [1.54, 1.807) is 6.92 Å². The Kier molecular flexibility index (Phi) is 3.26. The molecule has 0 aromatic carbocycles. The van der Waals surface area contributed by atoms with Crippen molar-refractivity contribution < 1.29 is 13.9 Å². The maximum Gasteiger partial charge on any atom is 0.323 e. The number of hydrogen-bond acceptors (Lipinski definition) is 6. The molecule has 1 aromatic heterocycles. The number of carbonyl (C=O) groups is 1. The lowest BCUT2D eigenvalue weighted by Crippen LogP contribution is -2.40. The normalized spacial score (nSPS) is 30.5. The first-order chi connectivity index (χ1) is 9.19. The van der Waals surface area contributed by atoms with E-state index in [2.05, 4.69) is 15.1 Å². The number of nitrogens with zero attached hydrogens (tertiary/aromatic N) is 3. The van der Waals surface area contributed by atoms with E-state index in [9.17, 15) is 4.79 Å². The number of carbonyl (C=O) groups excluding carboxylic acids is 1. The smallest absolute Gasteiger partial charge is 0.323 e. The quantitative estimate of drug-likeness (QED) is 0.764. The fraction of sp³-hybridized carbons (Fsp3) is 0.769. The third-order valence-corrected chi connectivity index (χ3v) is 4.33. The van der Waals surface area contributed by atoms with Crippen LogP contribution in [0.3, 0.4) is 0 Å². The third-order valence-electron chi connectivity index (χ3n) is 4.33. The summed E-state index contributed by atoms with van der Waals surface area (Å²) in [7, 11) is 1.46. The summed E-state index contributed by atoms with van der Waals surface area (Å²) in [5.74, 6) is 2.03. The highest BCUT2D eigenvalue weighted by Gasteiger charge is 2.48. The van der Waals surface area contributed by atoms with Crippen LogP contribution in [-0.2, 0) is 16.1 Å². The van der Waals surface area contributed by atoms with Gasteiger partial charge in [0.05, 0.1) is 13.7 Å². The average Bonchev–Trinajstić information content (AvgIpc) is 3.05. The molecule has 3 atom stereocenters. The second-order valence-corrected chi connectivity index (χ2v) is 5.47. The standard InChI is InChI=1S/C13H19N3O3/c1-8-14-15-11(19-8)7-16-6-9-4-3-5-10(9)12(16)13(17)18-2/h9-10,12H,3-7H2,1-2H3. The van der Waals surface area contributed by atoms with Crippen molar-refractivity contribution in [3.05, 3.63) is 11.8 Å². The topological polar surface area (TPSA) is 68.5 Å². The average molecular weight is 265 g/mol. The van der Waals surface area contributed by atoms with E-state index < -0.39 is 0 Å². The van der Waals surface area contributed by atoms with Crippen LogP contribution in [0.2, 0.25) is 0 Å². The SMILES string of the molecule is COC(=O)C1C2CCCC2CN1Cc1nnc(C)o1. The molecule has 1 saturated carbocycles. The predicted molar refractivity (Wildman–Crippen MR) is 66.1 cm³/mol. The lowest BCUT2D eigenvalue weighted by Gasteiger charge is -2.23. The third kappa shape index (κ3) is 2.25. The molecule has 104 valence electrons. The van der Waals surface area contributed by atoms with E-state index in [1.165, 1.54) is 20.0 Å². The molecule has 6 heteroatoms. The highest BCUT2D eigenvalue weighted by molar-refractivity contribution is 5.76. The summed E-state index contributed by atoms with van der Waals surface area (Å²) in [5.41, 5.74) is 0. The van der Waals surface area contributed by atoms with Crippen molar-refractivity contribution >= 4 is 5.97 Å². The molecule has 3 unspecified atom stereocenters.